The first-order valence-corrected chi connectivity index (χ1v) is 13.0. The molecule has 1 fully saturated rings. The molecular weight excluding hydrogens is 438 g/mol. The topological polar surface area (TPSA) is 70.2 Å². The average Bonchev–Trinajstić information content (AvgIpc) is 2.80. The van der Waals surface area contributed by atoms with Crippen LogP contribution < -0.4 is 9.64 Å². The van der Waals surface area contributed by atoms with Gasteiger partial charge in [0.2, 0.25) is 15.9 Å². The molecule has 1 aliphatic heterocycles. The van der Waals surface area contributed by atoms with Gasteiger partial charge in [0.1, 0.15) is 5.75 Å². The van der Waals surface area contributed by atoms with E-state index in [0.717, 1.165) is 18.7 Å². The van der Waals surface area contributed by atoms with Crippen LogP contribution in [0.25, 0.3) is 0 Å². The summed E-state index contributed by atoms with van der Waals surface area (Å²) in [4.78, 5) is 17.2. The van der Waals surface area contributed by atoms with Crippen molar-refractivity contribution in [2.75, 3.05) is 50.8 Å². The lowest BCUT2D eigenvalue weighted by Gasteiger charge is -2.37. The lowest BCUT2D eigenvalue weighted by Crippen LogP contribution is -2.52. The number of hydrogen-bond acceptors (Lipinski definition) is 5. The second-order valence-corrected chi connectivity index (χ2v) is 10.3. The van der Waals surface area contributed by atoms with Crippen molar-refractivity contribution in [3.8, 4) is 5.75 Å². The number of benzene rings is 2. The maximum absolute atomic E-state index is 13.2. The van der Waals surface area contributed by atoms with Crippen molar-refractivity contribution in [2.24, 2.45) is 0 Å². The van der Waals surface area contributed by atoms with E-state index >= 15 is 0 Å². The second kappa shape index (κ2) is 10.6. The summed E-state index contributed by atoms with van der Waals surface area (Å²) in [6, 6.07) is 11.1. The Bertz CT molecular complexity index is 1090. The smallest absolute Gasteiger partial charge is 0.243 e. The van der Waals surface area contributed by atoms with Gasteiger partial charge < -0.3 is 14.5 Å². The lowest BCUT2D eigenvalue weighted by atomic mass is 10.1. The third kappa shape index (κ3) is 5.50. The normalized spacial score (nSPS) is 14.6. The van der Waals surface area contributed by atoms with Crippen molar-refractivity contribution in [3.05, 3.63) is 53.1 Å². The monoisotopic (exact) mass is 473 g/mol. The molecule has 3 rings (SSSR count). The highest BCUT2D eigenvalue weighted by Gasteiger charge is 2.29. The fraction of sp³-hybridized carbons (Fsp3) is 0.480. The first-order chi connectivity index (χ1) is 15.7. The first kappa shape index (κ1) is 25.1. The molecule has 0 atom stereocenters. The van der Waals surface area contributed by atoms with E-state index in [1.807, 2.05) is 13.8 Å². The fourth-order valence-corrected chi connectivity index (χ4v) is 5.63. The molecule has 1 aliphatic rings. The Morgan fingerprint density at radius 1 is 1.00 bits per heavy atom. The summed E-state index contributed by atoms with van der Waals surface area (Å²) < 4.78 is 33.2. The van der Waals surface area contributed by atoms with E-state index in [2.05, 4.69) is 36.9 Å². The standard InChI is InChI=1S/C25H35N3O4S/c1-6-28(33(30,31)22-11-12-24(32-7-2)20(4)17-22)18-25(29)27-15-13-26(14-16-27)23-10-8-9-19(3)21(23)5/h8-12,17H,6-7,13-16,18H2,1-5H3. The van der Waals surface area contributed by atoms with E-state index in [0.29, 0.717) is 25.4 Å². The molecule has 2 aromatic carbocycles. The molecule has 0 bridgehead atoms. The number of amides is 1. The SMILES string of the molecule is CCOc1ccc(S(=O)(=O)N(CC)CC(=O)N2CCN(c3cccc(C)c3C)CC2)cc1C. The molecule has 0 aliphatic carbocycles. The van der Waals surface area contributed by atoms with Gasteiger partial charge >= 0.3 is 0 Å². The minimum atomic E-state index is -3.78. The van der Waals surface area contributed by atoms with Crippen molar-refractivity contribution < 1.29 is 17.9 Å². The summed E-state index contributed by atoms with van der Waals surface area (Å²) in [7, 11) is -3.78. The van der Waals surface area contributed by atoms with Gasteiger partial charge in [-0.3, -0.25) is 4.79 Å². The molecule has 7 nitrogen and oxygen atoms in total. The maximum atomic E-state index is 13.2. The van der Waals surface area contributed by atoms with Crippen LogP contribution in [0, 0.1) is 20.8 Å². The molecule has 33 heavy (non-hydrogen) atoms. The number of piperazine rings is 1. The quantitative estimate of drug-likeness (QED) is 0.588. The number of nitrogens with zero attached hydrogens (tertiary/aromatic N) is 3. The van der Waals surface area contributed by atoms with Gasteiger partial charge in [0.25, 0.3) is 0 Å². The number of sulfonamides is 1. The number of carbonyl (C=O) groups excluding carboxylic acids is 1. The van der Waals surface area contributed by atoms with Crippen LogP contribution in [-0.4, -0.2) is 69.4 Å². The zero-order chi connectivity index (χ0) is 24.2. The number of ether oxygens (including phenoxy) is 1. The Kier molecular flexibility index (Phi) is 8.02. The van der Waals surface area contributed by atoms with Crippen molar-refractivity contribution in [1.82, 2.24) is 9.21 Å². The number of likely N-dealkylation sites (N-methyl/N-ethyl adjacent to an activating group) is 1. The number of rotatable bonds is 8. The Balaban J connectivity index is 1.66. The minimum Gasteiger partial charge on any atom is -0.494 e. The van der Waals surface area contributed by atoms with Crippen molar-refractivity contribution in [2.45, 2.75) is 39.5 Å². The average molecular weight is 474 g/mol. The highest BCUT2D eigenvalue weighted by molar-refractivity contribution is 7.89. The molecule has 8 heteroatoms. The molecule has 0 radical (unpaired) electrons. The molecule has 1 saturated heterocycles. The van der Waals surface area contributed by atoms with Gasteiger partial charge in [0, 0.05) is 38.4 Å². The van der Waals surface area contributed by atoms with Crippen LogP contribution in [0.3, 0.4) is 0 Å². The highest BCUT2D eigenvalue weighted by atomic mass is 32.2. The van der Waals surface area contributed by atoms with Gasteiger partial charge in [0.05, 0.1) is 18.0 Å². The third-order valence-corrected chi connectivity index (χ3v) is 8.21. The molecule has 0 aromatic heterocycles. The molecule has 1 amide bonds. The predicted octanol–water partition coefficient (Wildman–Crippen LogP) is 3.37. The largest absolute Gasteiger partial charge is 0.494 e. The molecule has 180 valence electrons. The molecule has 0 N–H and O–H groups in total. The molecule has 0 saturated carbocycles. The van der Waals surface area contributed by atoms with E-state index in [1.54, 1.807) is 30.0 Å². The lowest BCUT2D eigenvalue weighted by molar-refractivity contribution is -0.131. The van der Waals surface area contributed by atoms with E-state index in [9.17, 15) is 13.2 Å². The van der Waals surface area contributed by atoms with Gasteiger partial charge in [-0.25, -0.2) is 8.42 Å². The van der Waals surface area contributed by atoms with Crippen LogP contribution in [0.1, 0.15) is 30.5 Å². The van der Waals surface area contributed by atoms with Crippen LogP contribution in [-0.2, 0) is 14.8 Å². The van der Waals surface area contributed by atoms with Crippen LogP contribution in [0.15, 0.2) is 41.3 Å². The number of carbonyl (C=O) groups is 1. The summed E-state index contributed by atoms with van der Waals surface area (Å²) in [6.45, 7) is 12.9. The minimum absolute atomic E-state index is 0.158. The second-order valence-electron chi connectivity index (χ2n) is 8.38. The summed E-state index contributed by atoms with van der Waals surface area (Å²) >= 11 is 0. The van der Waals surface area contributed by atoms with Crippen molar-refractivity contribution in [1.29, 1.82) is 0 Å². The van der Waals surface area contributed by atoms with Crippen LogP contribution >= 0.6 is 0 Å². The summed E-state index contributed by atoms with van der Waals surface area (Å²) in [5.41, 5.74) is 4.46. The highest BCUT2D eigenvalue weighted by Crippen LogP contribution is 2.25. The predicted molar refractivity (Wildman–Crippen MR) is 131 cm³/mol. The van der Waals surface area contributed by atoms with E-state index in [4.69, 9.17) is 4.74 Å². The zero-order valence-corrected chi connectivity index (χ0v) is 21.1. The Morgan fingerprint density at radius 3 is 2.30 bits per heavy atom. The van der Waals surface area contributed by atoms with Crippen molar-refractivity contribution in [3.63, 3.8) is 0 Å². The summed E-state index contributed by atoms with van der Waals surface area (Å²) in [5.74, 6) is 0.501. The molecule has 0 spiro atoms. The van der Waals surface area contributed by atoms with E-state index in [1.165, 1.54) is 21.1 Å². The maximum Gasteiger partial charge on any atom is 0.243 e. The Morgan fingerprint density at radius 2 is 1.70 bits per heavy atom. The fourth-order valence-electron chi connectivity index (χ4n) is 4.14. The third-order valence-electron chi connectivity index (χ3n) is 6.30. The van der Waals surface area contributed by atoms with Crippen LogP contribution in [0.5, 0.6) is 5.75 Å². The summed E-state index contributed by atoms with van der Waals surface area (Å²) in [6.07, 6.45) is 0. The molecule has 1 heterocycles. The van der Waals surface area contributed by atoms with Gasteiger partial charge in [-0.05, 0) is 68.7 Å². The van der Waals surface area contributed by atoms with Gasteiger partial charge in [0.15, 0.2) is 0 Å². The van der Waals surface area contributed by atoms with Gasteiger partial charge in [-0.2, -0.15) is 4.31 Å². The number of anilines is 1. The number of hydrogen-bond donors (Lipinski definition) is 0. The van der Waals surface area contributed by atoms with E-state index in [-0.39, 0.29) is 23.9 Å². The van der Waals surface area contributed by atoms with Crippen LogP contribution in [0.2, 0.25) is 0 Å². The molecule has 0 unspecified atom stereocenters. The van der Waals surface area contributed by atoms with E-state index < -0.39 is 10.0 Å². The zero-order valence-electron chi connectivity index (χ0n) is 20.3. The summed E-state index contributed by atoms with van der Waals surface area (Å²) in [5, 5.41) is 0. The Hall–Kier alpha value is -2.58. The molecular formula is C25H35N3O4S. The van der Waals surface area contributed by atoms with Gasteiger partial charge in [-0.15, -0.1) is 0 Å². The molecule has 2 aromatic rings. The van der Waals surface area contributed by atoms with Crippen molar-refractivity contribution >= 4 is 21.6 Å². The number of aryl methyl sites for hydroxylation is 2. The first-order valence-electron chi connectivity index (χ1n) is 11.5. The van der Waals surface area contributed by atoms with Gasteiger partial charge in [-0.1, -0.05) is 19.1 Å². The van der Waals surface area contributed by atoms with Crippen LogP contribution in [0.4, 0.5) is 5.69 Å². The Labute approximate surface area is 198 Å².